The molecule has 3 heterocycles. The highest BCUT2D eigenvalue weighted by molar-refractivity contribution is 8.89. The summed E-state index contributed by atoms with van der Waals surface area (Å²) in [5.41, 5.74) is -0.195. The number of H-pyrrole nitrogens is 1. The number of nitrogens with one attached hydrogen (secondary N) is 1. The van der Waals surface area contributed by atoms with Crippen molar-refractivity contribution >= 4 is 29.2 Å². The highest BCUT2D eigenvalue weighted by atomic mass is 33.1. The maximum Gasteiger partial charge on any atom is 0.330 e. The van der Waals surface area contributed by atoms with Crippen LogP contribution in [-0.4, -0.2) is 43.9 Å². The maximum absolute atomic E-state index is 12.2. The van der Waals surface area contributed by atoms with Gasteiger partial charge in [-0.2, -0.15) is 0 Å². The number of morpholine rings is 1. The van der Waals surface area contributed by atoms with E-state index in [0.29, 0.717) is 22.6 Å². The minimum atomic E-state index is -0.395. The lowest BCUT2D eigenvalue weighted by Gasteiger charge is -2.40. The van der Waals surface area contributed by atoms with Gasteiger partial charge in [-0.25, -0.2) is 4.79 Å². The summed E-state index contributed by atoms with van der Waals surface area (Å²) in [6, 6.07) is 0. The van der Waals surface area contributed by atoms with E-state index in [9.17, 15) is 9.59 Å². The SMILES string of the molecule is CC[C@@H]1CN(P2SC(C)C(C)S2)C[C@H](n2cc(C)c(=O)[nH]c2=O)O1. The maximum atomic E-state index is 12.2. The van der Waals surface area contributed by atoms with Crippen LogP contribution in [0.4, 0.5) is 0 Å². The zero-order valence-corrected chi connectivity index (χ0v) is 16.9. The second kappa shape index (κ2) is 7.54. The fourth-order valence-electron chi connectivity index (χ4n) is 2.72. The Morgan fingerprint density at radius 2 is 1.96 bits per heavy atom. The average molecular weight is 389 g/mol. The average Bonchev–Trinajstić information content (AvgIpc) is 2.89. The molecule has 0 aliphatic carbocycles. The number of hydrogen-bond donors (Lipinski definition) is 1. The highest BCUT2D eigenvalue weighted by Crippen LogP contribution is 2.73. The summed E-state index contributed by atoms with van der Waals surface area (Å²) in [4.78, 5) is 26.2. The Labute approximate surface area is 151 Å². The molecule has 2 unspecified atom stereocenters. The summed E-state index contributed by atoms with van der Waals surface area (Å²) in [7, 11) is 0. The second-order valence-corrected chi connectivity index (χ2v) is 13.3. The normalized spacial score (nSPS) is 34.6. The van der Waals surface area contributed by atoms with Gasteiger partial charge in [0.2, 0.25) is 0 Å². The van der Waals surface area contributed by atoms with Crippen molar-refractivity contribution in [3.8, 4) is 0 Å². The Morgan fingerprint density at radius 3 is 2.58 bits per heavy atom. The first-order chi connectivity index (χ1) is 11.4. The predicted octanol–water partition coefficient (Wildman–Crippen LogP) is 2.94. The van der Waals surface area contributed by atoms with Crippen LogP contribution in [0.15, 0.2) is 15.8 Å². The molecule has 0 amide bonds. The quantitative estimate of drug-likeness (QED) is 0.802. The topological polar surface area (TPSA) is 67.3 Å². The molecule has 2 fully saturated rings. The molecule has 0 radical (unpaired) electrons. The molecule has 2 aliphatic rings. The van der Waals surface area contributed by atoms with Crippen molar-refractivity contribution in [1.29, 1.82) is 0 Å². The molecule has 3 rings (SSSR count). The van der Waals surface area contributed by atoms with Gasteiger partial charge in [0.05, 0.1) is 12.6 Å². The van der Waals surface area contributed by atoms with E-state index in [1.807, 2.05) is 0 Å². The monoisotopic (exact) mass is 389 g/mol. The number of aromatic amines is 1. The predicted molar refractivity (Wildman–Crippen MR) is 103 cm³/mol. The third-order valence-electron chi connectivity index (χ3n) is 4.45. The molecule has 0 spiro atoms. The molecule has 24 heavy (non-hydrogen) atoms. The second-order valence-electron chi connectivity index (χ2n) is 6.33. The lowest BCUT2D eigenvalue weighted by molar-refractivity contribution is -0.102. The van der Waals surface area contributed by atoms with Crippen molar-refractivity contribution < 1.29 is 4.74 Å². The first-order valence-corrected chi connectivity index (χ1v) is 12.5. The van der Waals surface area contributed by atoms with Gasteiger partial charge in [-0.05, 0) is 13.3 Å². The van der Waals surface area contributed by atoms with E-state index in [2.05, 4.69) is 53.2 Å². The third kappa shape index (κ3) is 3.78. The summed E-state index contributed by atoms with van der Waals surface area (Å²) >= 11 is 4.11. The lowest BCUT2D eigenvalue weighted by atomic mass is 10.2. The lowest BCUT2D eigenvalue weighted by Crippen LogP contribution is -2.46. The van der Waals surface area contributed by atoms with Crippen LogP contribution in [0.2, 0.25) is 0 Å². The zero-order valence-electron chi connectivity index (χ0n) is 14.4. The van der Waals surface area contributed by atoms with Crippen LogP contribution in [0, 0.1) is 6.92 Å². The van der Waals surface area contributed by atoms with E-state index in [4.69, 9.17) is 4.74 Å². The van der Waals surface area contributed by atoms with Crippen LogP contribution in [0.3, 0.4) is 0 Å². The molecular weight excluding hydrogens is 365 g/mol. The molecule has 2 aliphatic heterocycles. The number of ether oxygens (including phenoxy) is 1. The van der Waals surface area contributed by atoms with Gasteiger partial charge < -0.3 is 4.74 Å². The largest absolute Gasteiger partial charge is 0.352 e. The first-order valence-electron chi connectivity index (χ1n) is 8.25. The van der Waals surface area contributed by atoms with E-state index in [1.165, 1.54) is 0 Å². The zero-order chi connectivity index (χ0) is 17.4. The Hall–Kier alpha value is -0.270. The molecule has 6 nitrogen and oxygen atoms in total. The number of hydrogen-bond acceptors (Lipinski definition) is 6. The smallest absolute Gasteiger partial charge is 0.330 e. The summed E-state index contributed by atoms with van der Waals surface area (Å²) in [5, 5.41) is 1.31. The van der Waals surface area contributed by atoms with Gasteiger partial charge in [0.25, 0.3) is 5.56 Å². The van der Waals surface area contributed by atoms with Crippen LogP contribution in [0.1, 0.15) is 39.0 Å². The standard InChI is InChI=1S/C15H24N3O3PS2/c1-5-12-7-17(22-23-10(3)11(4)24-22)8-13(21-12)18-6-9(2)14(19)16-15(18)20/h6,10-13H,5,7-8H2,1-4H3,(H,16,19,20)/t10?,11?,12-,13-,22?/m1/s1. The Morgan fingerprint density at radius 1 is 1.29 bits per heavy atom. The summed E-state index contributed by atoms with van der Waals surface area (Å²) in [6.07, 6.45) is 2.29. The molecular formula is C15H24N3O3PS2. The number of aromatic nitrogens is 2. The molecule has 2 saturated heterocycles. The number of aryl methyl sites for hydroxylation is 1. The van der Waals surface area contributed by atoms with Crippen LogP contribution in [0.5, 0.6) is 0 Å². The third-order valence-corrected chi connectivity index (χ3v) is 13.3. The molecule has 4 atom stereocenters. The van der Waals surface area contributed by atoms with Crippen molar-refractivity contribution in [3.05, 3.63) is 32.6 Å². The van der Waals surface area contributed by atoms with Gasteiger partial charge in [-0.15, -0.1) is 22.8 Å². The Balaban J connectivity index is 1.85. The Kier molecular flexibility index (Phi) is 5.82. The van der Waals surface area contributed by atoms with E-state index >= 15 is 0 Å². The molecule has 9 heteroatoms. The van der Waals surface area contributed by atoms with Crippen molar-refractivity contribution in [3.63, 3.8) is 0 Å². The van der Waals surface area contributed by atoms with E-state index in [-0.39, 0.29) is 24.4 Å². The summed E-state index contributed by atoms with van der Waals surface area (Å²) in [5.74, 6) is 0. The van der Waals surface area contributed by atoms with Crippen LogP contribution < -0.4 is 11.2 Å². The molecule has 0 aromatic carbocycles. The van der Waals surface area contributed by atoms with E-state index < -0.39 is 5.69 Å². The summed E-state index contributed by atoms with van der Waals surface area (Å²) in [6.45, 7) is 9.68. The van der Waals surface area contributed by atoms with Gasteiger partial charge in [-0.3, -0.25) is 19.0 Å². The first kappa shape index (κ1) is 18.5. The van der Waals surface area contributed by atoms with E-state index in [1.54, 1.807) is 17.7 Å². The van der Waals surface area contributed by atoms with Crippen molar-refractivity contribution in [2.24, 2.45) is 0 Å². The number of nitrogens with zero attached hydrogens (tertiary/aromatic N) is 2. The van der Waals surface area contributed by atoms with Crippen LogP contribution in [0.25, 0.3) is 0 Å². The minimum Gasteiger partial charge on any atom is -0.352 e. The van der Waals surface area contributed by atoms with E-state index in [0.717, 1.165) is 13.0 Å². The molecule has 134 valence electrons. The summed E-state index contributed by atoms with van der Waals surface area (Å²) < 4.78 is 10.2. The van der Waals surface area contributed by atoms with Crippen molar-refractivity contribution in [1.82, 2.24) is 14.2 Å². The molecule has 1 aromatic rings. The van der Waals surface area contributed by atoms with Crippen LogP contribution >= 0.6 is 29.2 Å². The fraction of sp³-hybridized carbons (Fsp3) is 0.733. The highest BCUT2D eigenvalue weighted by Gasteiger charge is 2.39. The molecule has 1 N–H and O–H groups in total. The van der Waals surface area contributed by atoms with Gasteiger partial charge in [0.15, 0.2) is 6.23 Å². The van der Waals surface area contributed by atoms with Crippen LogP contribution in [-0.2, 0) is 4.74 Å². The Bertz CT molecular complexity index is 700. The van der Waals surface area contributed by atoms with Crippen molar-refractivity contribution in [2.45, 2.75) is 56.9 Å². The molecule has 1 aromatic heterocycles. The van der Waals surface area contributed by atoms with Gasteiger partial charge >= 0.3 is 5.69 Å². The van der Waals surface area contributed by atoms with Gasteiger partial charge in [0.1, 0.15) is 0 Å². The minimum absolute atomic E-state index is 0.109. The molecule has 0 bridgehead atoms. The number of rotatable bonds is 3. The molecule has 0 saturated carbocycles. The van der Waals surface area contributed by atoms with Crippen molar-refractivity contribution in [2.75, 3.05) is 13.1 Å². The van der Waals surface area contributed by atoms with Gasteiger partial charge in [0, 0.05) is 35.3 Å². The fourth-order valence-corrected chi connectivity index (χ4v) is 12.8. The van der Waals surface area contributed by atoms with Gasteiger partial charge in [-0.1, -0.05) is 20.8 Å².